The number of benzene rings is 8. The summed E-state index contributed by atoms with van der Waals surface area (Å²) in [5.74, 6) is 1.73. The quantitative estimate of drug-likeness (QED) is 0.166. The van der Waals surface area contributed by atoms with Crippen molar-refractivity contribution in [1.82, 2.24) is 0 Å². The molecule has 2 aliphatic rings. The van der Waals surface area contributed by atoms with Gasteiger partial charge in [-0.2, -0.15) is 0 Å². The molecule has 0 fully saturated rings. The molecule has 0 amide bonds. The molecular formula is C48H34BN3OS. The number of hydrogen-bond acceptors (Lipinski definition) is 5. The smallest absolute Gasteiger partial charge is 0.198 e. The van der Waals surface area contributed by atoms with Crippen LogP contribution in [0.25, 0.3) is 11.1 Å². The van der Waals surface area contributed by atoms with Gasteiger partial charge in [-0.25, -0.2) is 0 Å². The molecule has 0 saturated heterocycles. The van der Waals surface area contributed by atoms with Crippen LogP contribution in [-0.4, -0.2) is 7.28 Å². The summed E-state index contributed by atoms with van der Waals surface area (Å²) in [6, 6.07) is 68.8. The Morgan fingerprint density at radius 1 is 0.500 bits per heavy atom. The summed E-state index contributed by atoms with van der Waals surface area (Å²) < 4.78 is 6.68. The third kappa shape index (κ3) is 5.87. The van der Waals surface area contributed by atoms with Crippen LogP contribution in [0.3, 0.4) is 0 Å². The number of hydrogen-bond donors (Lipinski definition) is 1. The number of nitrogens with zero attached hydrogens (tertiary/aromatic N) is 2. The van der Waals surface area contributed by atoms with E-state index in [1.165, 1.54) is 16.6 Å². The van der Waals surface area contributed by atoms with E-state index in [1.807, 2.05) is 6.07 Å². The van der Waals surface area contributed by atoms with Gasteiger partial charge in [-0.15, -0.1) is 0 Å². The van der Waals surface area contributed by atoms with Gasteiger partial charge in [-0.1, -0.05) is 120 Å². The second-order valence-corrected chi connectivity index (χ2v) is 14.5. The molecule has 0 bridgehead atoms. The van der Waals surface area contributed by atoms with Gasteiger partial charge in [-0.3, -0.25) is 0 Å². The van der Waals surface area contributed by atoms with Gasteiger partial charge in [0.1, 0.15) is 11.5 Å². The predicted octanol–water partition coefficient (Wildman–Crippen LogP) is 12.0. The summed E-state index contributed by atoms with van der Waals surface area (Å²) in [5.41, 5.74) is 13.5. The summed E-state index contributed by atoms with van der Waals surface area (Å²) in [6.07, 6.45) is 0. The Hall–Kier alpha value is -6.63. The first-order valence-corrected chi connectivity index (χ1v) is 19.0. The molecule has 0 radical (unpaired) electrons. The summed E-state index contributed by atoms with van der Waals surface area (Å²) in [7, 11) is 0.779. The van der Waals surface area contributed by atoms with Crippen LogP contribution in [0, 0.1) is 0 Å². The minimum absolute atomic E-state index is 0.779. The average molecular weight is 712 g/mol. The monoisotopic (exact) mass is 711 g/mol. The molecule has 54 heavy (non-hydrogen) atoms. The molecule has 0 saturated carbocycles. The lowest BCUT2D eigenvalue weighted by atomic mass is 9.58. The normalized spacial score (nSPS) is 12.3. The van der Waals surface area contributed by atoms with E-state index < -0.39 is 0 Å². The van der Waals surface area contributed by atoms with Gasteiger partial charge in [-0.05, 0) is 102 Å². The number of anilines is 8. The molecule has 6 heteroatoms. The fourth-order valence-corrected chi connectivity index (χ4v) is 8.60. The van der Waals surface area contributed by atoms with Gasteiger partial charge < -0.3 is 19.9 Å². The van der Waals surface area contributed by atoms with Crippen LogP contribution >= 0.6 is 11.8 Å². The Bertz CT molecular complexity index is 2580. The average Bonchev–Trinajstić information content (AvgIpc) is 3.23. The molecule has 0 unspecified atom stereocenters. The molecule has 256 valence electrons. The van der Waals surface area contributed by atoms with Crippen LogP contribution < -0.4 is 30.8 Å². The third-order valence-electron chi connectivity index (χ3n) is 10.1. The summed E-state index contributed by atoms with van der Waals surface area (Å²) in [6.45, 7) is 0. The Morgan fingerprint density at radius 2 is 1.13 bits per heavy atom. The number of para-hydroxylation sites is 6. The van der Waals surface area contributed by atoms with Crippen molar-refractivity contribution in [1.29, 1.82) is 0 Å². The van der Waals surface area contributed by atoms with Crippen molar-refractivity contribution in [3.05, 3.63) is 194 Å². The van der Waals surface area contributed by atoms with E-state index in [0.717, 1.165) is 79.5 Å². The molecule has 4 nitrogen and oxygen atoms in total. The van der Waals surface area contributed by atoms with Gasteiger partial charge >= 0.3 is 0 Å². The minimum Gasteiger partial charge on any atom is -0.455 e. The van der Waals surface area contributed by atoms with Gasteiger partial charge in [0.05, 0.1) is 9.79 Å². The highest BCUT2D eigenvalue weighted by Crippen LogP contribution is 2.51. The molecule has 2 aliphatic heterocycles. The van der Waals surface area contributed by atoms with Gasteiger partial charge in [0, 0.05) is 51.1 Å². The number of nitrogens with one attached hydrogen (secondary N) is 1. The first-order valence-electron chi connectivity index (χ1n) is 18.2. The molecular weight excluding hydrogens is 677 g/mol. The Morgan fingerprint density at radius 3 is 1.87 bits per heavy atom. The fraction of sp³-hybridized carbons (Fsp3) is 0. The predicted molar refractivity (Wildman–Crippen MR) is 228 cm³/mol. The van der Waals surface area contributed by atoms with Crippen LogP contribution in [0.1, 0.15) is 0 Å². The topological polar surface area (TPSA) is 27.7 Å². The molecule has 10 rings (SSSR count). The van der Waals surface area contributed by atoms with Crippen LogP contribution in [0.2, 0.25) is 0 Å². The molecule has 0 atom stereocenters. The lowest BCUT2D eigenvalue weighted by Gasteiger charge is -2.37. The highest BCUT2D eigenvalue weighted by molar-refractivity contribution is 7.99. The minimum atomic E-state index is 0.779. The molecule has 8 aromatic carbocycles. The first-order chi connectivity index (χ1) is 26.8. The SMILES string of the molecule is B1c2ccccc2N(c2ccccc2)c2cc(N(c3ccccc3)c3ccccc3)cc(-c3cc4c(cc3Nc3ccccc3)Sc3ccccc3O4)c21. The zero-order valence-electron chi connectivity index (χ0n) is 29.4. The van der Waals surface area contributed by atoms with E-state index in [2.05, 4.69) is 203 Å². The zero-order chi connectivity index (χ0) is 35.8. The van der Waals surface area contributed by atoms with E-state index in [0.29, 0.717) is 0 Å². The van der Waals surface area contributed by atoms with Crippen LogP contribution in [0.5, 0.6) is 11.5 Å². The third-order valence-corrected chi connectivity index (χ3v) is 11.2. The highest BCUT2D eigenvalue weighted by Gasteiger charge is 2.31. The van der Waals surface area contributed by atoms with Gasteiger partial charge in [0.2, 0.25) is 0 Å². The second kappa shape index (κ2) is 13.7. The van der Waals surface area contributed by atoms with Crippen molar-refractivity contribution >= 4 is 75.5 Å². The Balaban J connectivity index is 1.27. The molecule has 0 aromatic heterocycles. The van der Waals surface area contributed by atoms with E-state index in [4.69, 9.17) is 4.74 Å². The summed E-state index contributed by atoms with van der Waals surface area (Å²) in [4.78, 5) is 6.98. The standard InChI is InChI=1S/C48H34BN3OS/c1-5-17-33(18-6-1)50-41-32-47-45(53-44-27-15-16-28-46(44)54-47)31-38(41)39-29-37(51(34-19-7-2-8-20-34)35-21-9-3-10-22-35)30-43-48(39)49-40-25-13-14-26-42(40)52(43)36-23-11-4-12-24-36/h1-32,49-50H. The van der Waals surface area contributed by atoms with Crippen LogP contribution in [-0.2, 0) is 0 Å². The Labute approximate surface area is 320 Å². The molecule has 0 aliphatic carbocycles. The second-order valence-electron chi connectivity index (χ2n) is 13.5. The molecule has 1 N–H and O–H groups in total. The van der Waals surface area contributed by atoms with Crippen LogP contribution in [0.4, 0.5) is 45.5 Å². The Kier molecular flexibility index (Phi) is 8.15. The lowest BCUT2D eigenvalue weighted by Crippen LogP contribution is -2.41. The van der Waals surface area contributed by atoms with E-state index in [1.54, 1.807) is 11.8 Å². The van der Waals surface area contributed by atoms with E-state index >= 15 is 0 Å². The maximum absolute atomic E-state index is 6.68. The van der Waals surface area contributed by atoms with Crippen molar-refractivity contribution in [2.24, 2.45) is 0 Å². The van der Waals surface area contributed by atoms with Gasteiger partial charge in [0.15, 0.2) is 7.28 Å². The van der Waals surface area contributed by atoms with E-state index in [9.17, 15) is 0 Å². The fourth-order valence-electron chi connectivity index (χ4n) is 7.63. The largest absolute Gasteiger partial charge is 0.455 e. The van der Waals surface area contributed by atoms with Crippen molar-refractivity contribution in [3.63, 3.8) is 0 Å². The van der Waals surface area contributed by atoms with Gasteiger partial charge in [0.25, 0.3) is 0 Å². The number of ether oxygens (including phenoxy) is 1. The number of fused-ring (bicyclic) bond motifs is 4. The highest BCUT2D eigenvalue weighted by atomic mass is 32.2. The summed E-state index contributed by atoms with van der Waals surface area (Å²) >= 11 is 1.75. The zero-order valence-corrected chi connectivity index (χ0v) is 30.2. The summed E-state index contributed by atoms with van der Waals surface area (Å²) in [5, 5.41) is 3.83. The first kappa shape index (κ1) is 32.1. The van der Waals surface area contributed by atoms with Crippen molar-refractivity contribution in [3.8, 4) is 22.6 Å². The van der Waals surface area contributed by atoms with Crippen molar-refractivity contribution < 1.29 is 4.74 Å². The molecule has 0 spiro atoms. The van der Waals surface area contributed by atoms with E-state index in [-0.39, 0.29) is 0 Å². The number of rotatable bonds is 7. The molecule has 2 heterocycles. The lowest BCUT2D eigenvalue weighted by molar-refractivity contribution is 0.455. The maximum atomic E-state index is 6.68. The van der Waals surface area contributed by atoms with Crippen molar-refractivity contribution in [2.75, 3.05) is 15.1 Å². The van der Waals surface area contributed by atoms with Crippen molar-refractivity contribution in [2.45, 2.75) is 9.79 Å². The molecule has 8 aromatic rings. The van der Waals surface area contributed by atoms with Crippen LogP contribution in [0.15, 0.2) is 204 Å². The maximum Gasteiger partial charge on any atom is 0.198 e.